The van der Waals surface area contributed by atoms with E-state index in [4.69, 9.17) is 0 Å². The monoisotopic (exact) mass is 327 g/mol. The fraction of sp³-hybridized carbons (Fsp3) is 0.400. The molecular formula is C20H25NOS. The second-order valence-corrected chi connectivity index (χ2v) is 7.44. The molecule has 1 aromatic heterocycles. The molecule has 23 heavy (non-hydrogen) atoms. The van der Waals surface area contributed by atoms with Gasteiger partial charge in [0, 0.05) is 26.7 Å². The maximum atomic E-state index is 11.0. The van der Waals surface area contributed by atoms with E-state index in [1.54, 1.807) is 0 Å². The molecule has 2 aromatic carbocycles. The van der Waals surface area contributed by atoms with Crippen LogP contribution in [0.1, 0.15) is 32.8 Å². The van der Waals surface area contributed by atoms with Crippen molar-refractivity contribution in [1.29, 1.82) is 0 Å². The highest BCUT2D eigenvalue weighted by Crippen LogP contribution is 2.36. The van der Waals surface area contributed by atoms with Crippen molar-refractivity contribution in [1.82, 2.24) is 4.90 Å². The van der Waals surface area contributed by atoms with Crippen LogP contribution in [-0.4, -0.2) is 29.6 Å². The van der Waals surface area contributed by atoms with Gasteiger partial charge >= 0.3 is 0 Å². The van der Waals surface area contributed by atoms with Crippen molar-refractivity contribution in [3.8, 4) is 0 Å². The van der Waals surface area contributed by atoms with E-state index in [1.807, 2.05) is 18.3 Å². The standard InChI is InChI=1S/C20H25NOS/c1-4-21(5-2)13-12-20(3,22)15-10-11-19-17(14-15)16-8-6-7-9-18(16)23-19/h6-11,14,22H,4-5,12-13H2,1-3H3. The SMILES string of the molecule is CCN(CC)CCC(C)(O)c1ccc2sc3ccccc3c2c1. The van der Waals surface area contributed by atoms with Gasteiger partial charge in [0.15, 0.2) is 0 Å². The molecule has 0 spiro atoms. The molecule has 1 heterocycles. The smallest absolute Gasteiger partial charge is 0.0880 e. The summed E-state index contributed by atoms with van der Waals surface area (Å²) in [5.74, 6) is 0. The van der Waals surface area contributed by atoms with E-state index in [2.05, 4.69) is 61.2 Å². The zero-order valence-electron chi connectivity index (χ0n) is 14.2. The zero-order chi connectivity index (χ0) is 16.4. The van der Waals surface area contributed by atoms with Crippen molar-refractivity contribution in [2.24, 2.45) is 0 Å². The molecule has 3 aromatic rings. The van der Waals surface area contributed by atoms with Gasteiger partial charge in [-0.2, -0.15) is 0 Å². The Balaban J connectivity index is 1.93. The summed E-state index contributed by atoms with van der Waals surface area (Å²) in [6.07, 6.45) is 0.752. The van der Waals surface area contributed by atoms with Gasteiger partial charge in [-0.05, 0) is 50.2 Å². The number of hydrogen-bond donors (Lipinski definition) is 1. The van der Waals surface area contributed by atoms with Crippen molar-refractivity contribution in [2.45, 2.75) is 32.8 Å². The average molecular weight is 327 g/mol. The number of aliphatic hydroxyl groups is 1. The third kappa shape index (κ3) is 3.27. The Kier molecular flexibility index (Phi) is 4.72. The van der Waals surface area contributed by atoms with Crippen LogP contribution in [-0.2, 0) is 5.60 Å². The fourth-order valence-corrected chi connectivity index (χ4v) is 4.21. The predicted octanol–water partition coefficient (Wildman–Crippen LogP) is 4.99. The summed E-state index contributed by atoms with van der Waals surface area (Å²) in [4.78, 5) is 2.35. The molecule has 0 saturated heterocycles. The van der Waals surface area contributed by atoms with Crippen LogP contribution in [0.4, 0.5) is 0 Å². The van der Waals surface area contributed by atoms with E-state index in [9.17, 15) is 5.11 Å². The van der Waals surface area contributed by atoms with E-state index in [-0.39, 0.29) is 0 Å². The quantitative estimate of drug-likeness (QED) is 0.689. The second kappa shape index (κ2) is 6.60. The first-order valence-corrected chi connectivity index (χ1v) is 9.23. The zero-order valence-corrected chi connectivity index (χ0v) is 15.0. The Morgan fingerprint density at radius 3 is 2.43 bits per heavy atom. The first-order chi connectivity index (χ1) is 11.0. The molecule has 0 aliphatic heterocycles. The molecule has 2 nitrogen and oxygen atoms in total. The van der Waals surface area contributed by atoms with Gasteiger partial charge in [-0.3, -0.25) is 0 Å². The fourth-order valence-electron chi connectivity index (χ4n) is 3.12. The Labute approximate surface area is 142 Å². The molecule has 1 unspecified atom stereocenters. The van der Waals surface area contributed by atoms with Crippen LogP contribution < -0.4 is 0 Å². The molecule has 0 saturated carbocycles. The third-order valence-electron chi connectivity index (χ3n) is 4.81. The van der Waals surface area contributed by atoms with E-state index in [1.165, 1.54) is 20.2 Å². The van der Waals surface area contributed by atoms with E-state index in [0.29, 0.717) is 0 Å². The Hall–Kier alpha value is -1.42. The minimum Gasteiger partial charge on any atom is -0.385 e. The summed E-state index contributed by atoms with van der Waals surface area (Å²) in [7, 11) is 0. The van der Waals surface area contributed by atoms with Crippen LogP contribution in [0.25, 0.3) is 20.2 Å². The van der Waals surface area contributed by atoms with Crippen molar-refractivity contribution >= 4 is 31.5 Å². The minimum atomic E-state index is -0.792. The molecule has 0 bridgehead atoms. The lowest BCUT2D eigenvalue weighted by atomic mass is 9.91. The van der Waals surface area contributed by atoms with Gasteiger partial charge in [-0.25, -0.2) is 0 Å². The Morgan fingerprint density at radius 2 is 1.70 bits per heavy atom. The first kappa shape index (κ1) is 16.4. The van der Waals surface area contributed by atoms with Crippen LogP contribution in [0, 0.1) is 0 Å². The molecule has 3 heteroatoms. The average Bonchev–Trinajstić information content (AvgIpc) is 2.93. The maximum absolute atomic E-state index is 11.0. The van der Waals surface area contributed by atoms with Gasteiger partial charge in [-0.15, -0.1) is 11.3 Å². The highest BCUT2D eigenvalue weighted by molar-refractivity contribution is 7.25. The van der Waals surface area contributed by atoms with Crippen LogP contribution in [0.5, 0.6) is 0 Å². The largest absolute Gasteiger partial charge is 0.385 e. The molecule has 0 fully saturated rings. The second-order valence-electron chi connectivity index (χ2n) is 6.36. The number of hydrogen-bond acceptors (Lipinski definition) is 3. The van der Waals surface area contributed by atoms with E-state index >= 15 is 0 Å². The first-order valence-electron chi connectivity index (χ1n) is 8.41. The number of rotatable bonds is 6. The summed E-state index contributed by atoms with van der Waals surface area (Å²) < 4.78 is 2.59. The summed E-state index contributed by atoms with van der Waals surface area (Å²) in [6, 6.07) is 14.9. The molecule has 0 aliphatic rings. The summed E-state index contributed by atoms with van der Waals surface area (Å²) in [6.45, 7) is 9.25. The Bertz CT molecular complexity index is 802. The van der Waals surface area contributed by atoms with Crippen molar-refractivity contribution < 1.29 is 5.11 Å². The lowest BCUT2D eigenvalue weighted by molar-refractivity contribution is 0.0371. The highest BCUT2D eigenvalue weighted by atomic mass is 32.1. The van der Waals surface area contributed by atoms with Gasteiger partial charge < -0.3 is 10.0 Å². The van der Waals surface area contributed by atoms with Crippen molar-refractivity contribution in [2.75, 3.05) is 19.6 Å². The van der Waals surface area contributed by atoms with Crippen molar-refractivity contribution in [3.05, 3.63) is 48.0 Å². The van der Waals surface area contributed by atoms with Crippen LogP contribution >= 0.6 is 11.3 Å². The molecule has 1 atom stereocenters. The number of fused-ring (bicyclic) bond motifs is 3. The van der Waals surface area contributed by atoms with Crippen LogP contribution in [0.3, 0.4) is 0 Å². The molecule has 3 rings (SSSR count). The van der Waals surface area contributed by atoms with Crippen molar-refractivity contribution in [3.63, 3.8) is 0 Å². The molecular weight excluding hydrogens is 302 g/mol. The normalized spacial score (nSPS) is 14.7. The number of thiophene rings is 1. The molecule has 122 valence electrons. The Morgan fingerprint density at radius 1 is 1.00 bits per heavy atom. The topological polar surface area (TPSA) is 23.5 Å². The minimum absolute atomic E-state index is 0.752. The van der Waals surface area contributed by atoms with E-state index in [0.717, 1.165) is 31.6 Å². The third-order valence-corrected chi connectivity index (χ3v) is 5.96. The molecule has 1 N–H and O–H groups in total. The van der Waals surface area contributed by atoms with Gasteiger partial charge in [-0.1, -0.05) is 38.1 Å². The molecule has 0 aliphatic carbocycles. The highest BCUT2D eigenvalue weighted by Gasteiger charge is 2.24. The predicted molar refractivity (Wildman–Crippen MR) is 101 cm³/mol. The maximum Gasteiger partial charge on any atom is 0.0880 e. The number of benzene rings is 2. The lowest BCUT2D eigenvalue weighted by Gasteiger charge is -2.27. The summed E-state index contributed by atoms with van der Waals surface area (Å²) in [5.41, 5.74) is 0.223. The summed E-state index contributed by atoms with van der Waals surface area (Å²) >= 11 is 1.82. The van der Waals surface area contributed by atoms with E-state index < -0.39 is 5.60 Å². The molecule has 0 amide bonds. The lowest BCUT2D eigenvalue weighted by Crippen LogP contribution is -2.31. The van der Waals surface area contributed by atoms with Crippen LogP contribution in [0.15, 0.2) is 42.5 Å². The van der Waals surface area contributed by atoms with Gasteiger partial charge in [0.2, 0.25) is 0 Å². The summed E-state index contributed by atoms with van der Waals surface area (Å²) in [5, 5.41) is 13.5. The van der Waals surface area contributed by atoms with Crippen LogP contribution in [0.2, 0.25) is 0 Å². The number of nitrogens with zero attached hydrogens (tertiary/aromatic N) is 1. The van der Waals surface area contributed by atoms with Gasteiger partial charge in [0.1, 0.15) is 0 Å². The molecule has 0 radical (unpaired) electrons. The van der Waals surface area contributed by atoms with Gasteiger partial charge in [0.25, 0.3) is 0 Å². The van der Waals surface area contributed by atoms with Gasteiger partial charge in [0.05, 0.1) is 5.60 Å².